The monoisotopic (exact) mass is 319 g/mol. The Bertz CT molecular complexity index is 608. The molecule has 0 saturated heterocycles. The van der Waals surface area contributed by atoms with Gasteiger partial charge >= 0.3 is 0 Å². The molecule has 1 aliphatic heterocycles. The van der Waals surface area contributed by atoms with Crippen molar-refractivity contribution < 1.29 is 4.79 Å². The van der Waals surface area contributed by atoms with Crippen LogP contribution < -0.4 is 5.32 Å². The largest absolute Gasteiger partial charge is 0.349 e. The lowest BCUT2D eigenvalue weighted by Gasteiger charge is -2.24. The lowest BCUT2D eigenvalue weighted by Crippen LogP contribution is -2.40. The van der Waals surface area contributed by atoms with Crippen LogP contribution in [0.15, 0.2) is 41.0 Å². The van der Waals surface area contributed by atoms with Gasteiger partial charge in [0.25, 0.3) is 5.91 Å². The first-order chi connectivity index (χ1) is 9.24. The molecule has 1 aliphatic rings. The molecule has 0 fully saturated rings. The van der Waals surface area contributed by atoms with Crippen molar-refractivity contribution in [2.75, 3.05) is 0 Å². The van der Waals surface area contributed by atoms with E-state index in [1.54, 1.807) is 0 Å². The number of rotatable bonds is 2. The zero-order chi connectivity index (χ0) is 13.2. The normalized spacial score (nSPS) is 17.8. The maximum Gasteiger partial charge on any atom is 0.252 e. The van der Waals surface area contributed by atoms with Gasteiger partial charge in [0, 0.05) is 35.4 Å². The first-order valence-electron chi connectivity index (χ1n) is 6.30. The number of nitrogens with zero attached hydrogens (tertiary/aromatic N) is 2. The van der Waals surface area contributed by atoms with E-state index in [-0.39, 0.29) is 11.9 Å². The number of amides is 1. The first kappa shape index (κ1) is 12.4. The summed E-state index contributed by atoms with van der Waals surface area (Å²) in [6, 6.07) is 9.67. The van der Waals surface area contributed by atoms with Crippen LogP contribution in [0.25, 0.3) is 0 Å². The molecule has 2 aromatic rings. The van der Waals surface area contributed by atoms with Crippen molar-refractivity contribution in [1.82, 2.24) is 15.1 Å². The molecule has 1 amide bonds. The number of carbonyl (C=O) groups excluding carboxylic acids is 1. The second kappa shape index (κ2) is 5.17. The maximum absolute atomic E-state index is 12.2. The Morgan fingerprint density at radius 2 is 2.21 bits per heavy atom. The van der Waals surface area contributed by atoms with E-state index in [0.717, 1.165) is 23.9 Å². The molecule has 3 rings (SSSR count). The Balaban J connectivity index is 1.70. The van der Waals surface area contributed by atoms with E-state index in [0.29, 0.717) is 5.56 Å². The molecule has 5 heteroatoms. The minimum Gasteiger partial charge on any atom is -0.349 e. The quantitative estimate of drug-likeness (QED) is 0.923. The predicted octanol–water partition coefficient (Wildman–Crippen LogP) is 2.39. The fourth-order valence-electron chi connectivity index (χ4n) is 2.40. The van der Waals surface area contributed by atoms with Crippen molar-refractivity contribution >= 4 is 21.8 Å². The van der Waals surface area contributed by atoms with Gasteiger partial charge in [-0.25, -0.2) is 0 Å². The predicted molar refractivity (Wildman–Crippen MR) is 75.9 cm³/mol. The number of nitrogens with one attached hydrogen (secondary N) is 1. The number of halogens is 1. The Morgan fingerprint density at radius 1 is 1.37 bits per heavy atom. The second-order valence-corrected chi connectivity index (χ2v) is 5.54. The van der Waals surface area contributed by atoms with E-state index in [2.05, 4.69) is 26.3 Å². The standard InChI is InChI=1S/C14H14BrN3O/c15-13-4-2-1-3-12(13)14(19)17-10-6-8-18-11(9-10)5-7-16-18/h1-5,7,10H,6,8-9H2,(H,17,19)/t10-/m0/s1. The van der Waals surface area contributed by atoms with Crippen LogP contribution in [-0.2, 0) is 13.0 Å². The Hall–Kier alpha value is -1.62. The summed E-state index contributed by atoms with van der Waals surface area (Å²) in [5.41, 5.74) is 1.87. The smallest absolute Gasteiger partial charge is 0.252 e. The highest BCUT2D eigenvalue weighted by Gasteiger charge is 2.21. The molecule has 98 valence electrons. The summed E-state index contributed by atoms with van der Waals surface area (Å²) in [6.07, 6.45) is 3.58. The SMILES string of the molecule is O=C(N[C@H]1CCn2nccc2C1)c1ccccc1Br. The van der Waals surface area contributed by atoms with Gasteiger partial charge in [-0.2, -0.15) is 5.10 Å². The van der Waals surface area contributed by atoms with E-state index >= 15 is 0 Å². The van der Waals surface area contributed by atoms with E-state index < -0.39 is 0 Å². The molecular formula is C14H14BrN3O. The zero-order valence-electron chi connectivity index (χ0n) is 10.3. The molecule has 1 atom stereocenters. The van der Waals surface area contributed by atoms with Gasteiger partial charge in [0.15, 0.2) is 0 Å². The lowest BCUT2D eigenvalue weighted by molar-refractivity contribution is 0.0929. The van der Waals surface area contributed by atoms with Gasteiger partial charge in [-0.15, -0.1) is 0 Å². The van der Waals surface area contributed by atoms with Crippen molar-refractivity contribution in [3.8, 4) is 0 Å². The molecule has 0 radical (unpaired) electrons. The van der Waals surface area contributed by atoms with Crippen LogP contribution in [0.5, 0.6) is 0 Å². The molecule has 0 unspecified atom stereocenters. The fourth-order valence-corrected chi connectivity index (χ4v) is 2.86. The van der Waals surface area contributed by atoms with Crippen LogP contribution in [0.2, 0.25) is 0 Å². The second-order valence-electron chi connectivity index (χ2n) is 4.69. The summed E-state index contributed by atoms with van der Waals surface area (Å²) in [7, 11) is 0. The van der Waals surface area contributed by atoms with Crippen LogP contribution in [-0.4, -0.2) is 21.7 Å². The summed E-state index contributed by atoms with van der Waals surface area (Å²) >= 11 is 3.41. The molecule has 2 heterocycles. The molecular weight excluding hydrogens is 306 g/mol. The van der Waals surface area contributed by atoms with Crippen molar-refractivity contribution in [3.05, 3.63) is 52.3 Å². The summed E-state index contributed by atoms with van der Waals surface area (Å²) in [4.78, 5) is 12.2. The highest BCUT2D eigenvalue weighted by Crippen LogP contribution is 2.18. The van der Waals surface area contributed by atoms with Crippen LogP contribution in [0.4, 0.5) is 0 Å². The molecule has 1 aromatic heterocycles. The molecule has 4 nitrogen and oxygen atoms in total. The Kier molecular flexibility index (Phi) is 3.38. The molecule has 0 bridgehead atoms. The van der Waals surface area contributed by atoms with E-state index in [1.807, 2.05) is 41.2 Å². The molecule has 0 aliphatic carbocycles. The van der Waals surface area contributed by atoms with Crippen molar-refractivity contribution in [3.63, 3.8) is 0 Å². The summed E-state index contributed by atoms with van der Waals surface area (Å²) < 4.78 is 2.83. The lowest BCUT2D eigenvalue weighted by atomic mass is 10.0. The number of hydrogen-bond donors (Lipinski definition) is 1. The number of fused-ring (bicyclic) bond motifs is 1. The van der Waals surface area contributed by atoms with Gasteiger partial charge in [0.2, 0.25) is 0 Å². The highest BCUT2D eigenvalue weighted by atomic mass is 79.9. The fraction of sp³-hybridized carbons (Fsp3) is 0.286. The minimum absolute atomic E-state index is 0.0227. The molecule has 19 heavy (non-hydrogen) atoms. The van der Waals surface area contributed by atoms with E-state index in [1.165, 1.54) is 5.69 Å². The maximum atomic E-state index is 12.2. The summed E-state index contributed by atoms with van der Waals surface area (Å²) in [5.74, 6) is -0.0227. The third kappa shape index (κ3) is 2.56. The highest BCUT2D eigenvalue weighted by molar-refractivity contribution is 9.10. The van der Waals surface area contributed by atoms with Crippen molar-refractivity contribution in [2.24, 2.45) is 0 Å². The Morgan fingerprint density at radius 3 is 3.05 bits per heavy atom. The van der Waals surface area contributed by atoms with E-state index in [4.69, 9.17) is 0 Å². The summed E-state index contributed by atoms with van der Waals surface area (Å²) in [6.45, 7) is 0.864. The molecule has 0 saturated carbocycles. The zero-order valence-corrected chi connectivity index (χ0v) is 11.9. The third-order valence-electron chi connectivity index (χ3n) is 3.40. The topological polar surface area (TPSA) is 46.9 Å². The summed E-state index contributed by atoms with van der Waals surface area (Å²) in [5, 5.41) is 7.34. The molecule has 1 N–H and O–H groups in total. The van der Waals surface area contributed by atoms with Crippen LogP contribution >= 0.6 is 15.9 Å². The van der Waals surface area contributed by atoms with Crippen LogP contribution in [0, 0.1) is 0 Å². The minimum atomic E-state index is -0.0227. The van der Waals surface area contributed by atoms with Gasteiger partial charge in [0.1, 0.15) is 0 Å². The van der Waals surface area contributed by atoms with E-state index in [9.17, 15) is 4.79 Å². The van der Waals surface area contributed by atoms with Gasteiger partial charge in [-0.1, -0.05) is 12.1 Å². The van der Waals surface area contributed by atoms with Crippen LogP contribution in [0.1, 0.15) is 22.5 Å². The van der Waals surface area contributed by atoms with Gasteiger partial charge in [0.05, 0.1) is 5.56 Å². The number of hydrogen-bond acceptors (Lipinski definition) is 2. The first-order valence-corrected chi connectivity index (χ1v) is 7.09. The number of aryl methyl sites for hydroxylation is 1. The number of benzene rings is 1. The van der Waals surface area contributed by atoms with Crippen molar-refractivity contribution in [2.45, 2.75) is 25.4 Å². The Labute approximate surface area is 119 Å². The van der Waals surface area contributed by atoms with Crippen molar-refractivity contribution in [1.29, 1.82) is 0 Å². The average molecular weight is 320 g/mol. The number of aromatic nitrogens is 2. The third-order valence-corrected chi connectivity index (χ3v) is 4.09. The van der Waals surface area contributed by atoms with Crippen LogP contribution in [0.3, 0.4) is 0 Å². The molecule has 0 spiro atoms. The average Bonchev–Trinajstić information content (AvgIpc) is 2.86. The van der Waals surface area contributed by atoms with Gasteiger partial charge in [-0.3, -0.25) is 9.48 Å². The number of carbonyl (C=O) groups is 1. The van der Waals surface area contributed by atoms with Gasteiger partial charge in [-0.05, 0) is 40.5 Å². The molecule has 1 aromatic carbocycles. The van der Waals surface area contributed by atoms with Gasteiger partial charge < -0.3 is 5.32 Å².